The summed E-state index contributed by atoms with van der Waals surface area (Å²) in [5.41, 5.74) is 4.83. The second-order valence-corrected chi connectivity index (χ2v) is 9.38. The highest BCUT2D eigenvalue weighted by Crippen LogP contribution is 2.28. The maximum Gasteiger partial charge on any atom is 0.255 e. The molecule has 0 radical (unpaired) electrons. The van der Waals surface area contributed by atoms with Crippen LogP contribution >= 0.6 is 0 Å². The van der Waals surface area contributed by atoms with Gasteiger partial charge >= 0.3 is 0 Å². The van der Waals surface area contributed by atoms with E-state index < -0.39 is 0 Å². The number of nitrogens with zero attached hydrogens (tertiary/aromatic N) is 3. The minimum absolute atomic E-state index is 0.0993. The lowest BCUT2D eigenvalue weighted by molar-refractivity contribution is 0.0952. The minimum Gasteiger partial charge on any atom is -0.387 e. The molecule has 1 amide bonds. The molecule has 0 spiro atoms. The van der Waals surface area contributed by atoms with Crippen LogP contribution in [0, 0.1) is 0 Å². The van der Waals surface area contributed by atoms with Gasteiger partial charge in [0.05, 0.1) is 11.3 Å². The first-order valence-corrected chi connectivity index (χ1v) is 12.1. The van der Waals surface area contributed by atoms with Crippen LogP contribution in [0.15, 0.2) is 42.7 Å². The summed E-state index contributed by atoms with van der Waals surface area (Å²) >= 11 is 0. The number of anilines is 2. The zero-order chi connectivity index (χ0) is 22.9. The molecule has 2 bridgehead atoms. The normalized spacial score (nSPS) is 20.8. The van der Waals surface area contributed by atoms with Crippen molar-refractivity contribution < 1.29 is 4.79 Å². The Morgan fingerprint density at radius 3 is 2.58 bits per heavy atom. The van der Waals surface area contributed by atoms with Crippen LogP contribution in [0.2, 0.25) is 0 Å². The number of fused-ring (bicyclic) bond motifs is 3. The smallest absolute Gasteiger partial charge is 0.255 e. The highest BCUT2D eigenvalue weighted by atomic mass is 16.1. The average Bonchev–Trinajstić information content (AvgIpc) is 3.43. The standard InChI is InChI=1S/C26H34N6O/c1-4-31-12-11-22-24(27-3)23(14-28-25(22)31)26(33)29-13-17(2)18-5-9-21(10-6-18)32-15-19-7-8-20(16-32)30-19/h5-6,9-12,14,17,19-20,30H,4,7-8,13,15-16H2,1-3H3,(H,27,28)(H,29,33)/t17-,19?,20?/m1/s1. The van der Waals surface area contributed by atoms with E-state index in [1.54, 1.807) is 6.20 Å². The largest absolute Gasteiger partial charge is 0.387 e. The van der Waals surface area contributed by atoms with Gasteiger partial charge in [-0.15, -0.1) is 0 Å². The van der Waals surface area contributed by atoms with E-state index >= 15 is 0 Å². The molecule has 2 aliphatic rings. The van der Waals surface area contributed by atoms with Gasteiger partial charge in [-0.1, -0.05) is 19.1 Å². The molecule has 0 aliphatic carbocycles. The lowest BCUT2D eigenvalue weighted by atomic mass is 10.00. The number of hydrogen-bond acceptors (Lipinski definition) is 5. The Balaban J connectivity index is 1.23. The van der Waals surface area contributed by atoms with Gasteiger partial charge in [0.15, 0.2) is 0 Å². The van der Waals surface area contributed by atoms with Crippen molar-refractivity contribution in [3.8, 4) is 0 Å². The molecule has 2 saturated heterocycles. The Morgan fingerprint density at radius 1 is 1.18 bits per heavy atom. The molecule has 174 valence electrons. The van der Waals surface area contributed by atoms with Gasteiger partial charge in [-0.2, -0.15) is 0 Å². The first-order valence-electron chi connectivity index (χ1n) is 12.1. The van der Waals surface area contributed by atoms with E-state index in [1.165, 1.54) is 24.1 Å². The lowest BCUT2D eigenvalue weighted by Crippen LogP contribution is -2.51. The molecule has 7 nitrogen and oxygen atoms in total. The summed E-state index contributed by atoms with van der Waals surface area (Å²) in [6, 6.07) is 12.2. The fourth-order valence-electron chi connectivity index (χ4n) is 5.32. The van der Waals surface area contributed by atoms with Crippen LogP contribution in [0.1, 0.15) is 48.5 Å². The van der Waals surface area contributed by atoms with E-state index in [4.69, 9.17) is 0 Å². The first-order chi connectivity index (χ1) is 16.1. The molecule has 7 heteroatoms. The van der Waals surface area contributed by atoms with Gasteiger partial charge < -0.3 is 25.4 Å². The van der Waals surface area contributed by atoms with E-state index in [-0.39, 0.29) is 11.8 Å². The molecule has 0 saturated carbocycles. The Kier molecular flexibility index (Phi) is 5.98. The number of nitrogens with one attached hydrogen (secondary N) is 3. The maximum absolute atomic E-state index is 13.0. The summed E-state index contributed by atoms with van der Waals surface area (Å²) in [7, 11) is 1.85. The van der Waals surface area contributed by atoms with Gasteiger partial charge in [0, 0.05) is 68.8 Å². The first kappa shape index (κ1) is 21.8. The molecule has 3 atom stereocenters. The van der Waals surface area contributed by atoms with Crippen LogP contribution in [-0.4, -0.2) is 54.2 Å². The molecular weight excluding hydrogens is 412 g/mol. The number of carbonyl (C=O) groups is 1. The summed E-state index contributed by atoms with van der Waals surface area (Å²) in [4.78, 5) is 20.1. The van der Waals surface area contributed by atoms with Crippen LogP contribution in [0.5, 0.6) is 0 Å². The fourth-order valence-corrected chi connectivity index (χ4v) is 5.32. The zero-order valence-corrected chi connectivity index (χ0v) is 19.8. The SMILES string of the molecule is CCn1ccc2c(NC)c(C(=O)NC[C@@H](C)c3ccc(N4CC5CCC(C4)N5)cc3)cnc21. The van der Waals surface area contributed by atoms with Crippen LogP contribution in [0.25, 0.3) is 11.0 Å². The van der Waals surface area contributed by atoms with Gasteiger partial charge in [0.1, 0.15) is 5.65 Å². The highest BCUT2D eigenvalue weighted by Gasteiger charge is 2.32. The molecular formula is C26H34N6O. The molecule has 33 heavy (non-hydrogen) atoms. The fraction of sp³-hybridized carbons (Fsp3) is 0.462. The summed E-state index contributed by atoms with van der Waals surface area (Å²) in [5, 5.41) is 11.0. The van der Waals surface area contributed by atoms with Crippen molar-refractivity contribution in [1.29, 1.82) is 0 Å². The summed E-state index contributed by atoms with van der Waals surface area (Å²) in [6.07, 6.45) is 6.27. The van der Waals surface area contributed by atoms with Gasteiger partial charge in [-0.25, -0.2) is 4.98 Å². The molecule has 2 aliphatic heterocycles. The summed E-state index contributed by atoms with van der Waals surface area (Å²) in [6.45, 7) is 7.85. The quantitative estimate of drug-likeness (QED) is 0.517. The van der Waals surface area contributed by atoms with Crippen molar-refractivity contribution in [2.45, 2.75) is 51.2 Å². The Bertz CT molecular complexity index is 1130. The number of hydrogen-bond donors (Lipinski definition) is 3. The van der Waals surface area contributed by atoms with Crippen molar-refractivity contribution in [2.75, 3.05) is 36.9 Å². The van der Waals surface area contributed by atoms with Crippen LogP contribution < -0.4 is 20.9 Å². The molecule has 2 unspecified atom stereocenters. The van der Waals surface area contributed by atoms with Crippen molar-refractivity contribution >= 4 is 28.3 Å². The number of benzene rings is 1. The van der Waals surface area contributed by atoms with Gasteiger partial charge in [0.2, 0.25) is 0 Å². The van der Waals surface area contributed by atoms with Gasteiger partial charge in [-0.05, 0) is 49.4 Å². The second kappa shape index (κ2) is 9.06. The van der Waals surface area contributed by atoms with E-state index in [1.807, 2.05) is 19.3 Å². The maximum atomic E-state index is 13.0. The molecule has 1 aromatic carbocycles. The molecule has 3 aromatic rings. The lowest BCUT2D eigenvalue weighted by Gasteiger charge is -2.34. The highest BCUT2D eigenvalue weighted by molar-refractivity contribution is 6.06. The zero-order valence-electron chi connectivity index (χ0n) is 19.8. The van der Waals surface area contributed by atoms with Gasteiger partial charge in [0.25, 0.3) is 5.91 Å². The number of aryl methyl sites for hydroxylation is 1. The predicted octanol–water partition coefficient (Wildman–Crippen LogP) is 3.57. The third kappa shape index (κ3) is 4.17. The Labute approximate surface area is 195 Å². The third-order valence-corrected chi connectivity index (χ3v) is 7.24. The number of pyridine rings is 1. The number of rotatable bonds is 7. The molecule has 3 N–H and O–H groups in total. The van der Waals surface area contributed by atoms with Crippen LogP contribution in [0.3, 0.4) is 0 Å². The number of aromatic nitrogens is 2. The molecule has 2 fully saturated rings. The topological polar surface area (TPSA) is 74.2 Å². The van der Waals surface area contributed by atoms with Crippen molar-refractivity contribution in [1.82, 2.24) is 20.2 Å². The number of piperazine rings is 1. The number of amides is 1. The van der Waals surface area contributed by atoms with E-state index in [9.17, 15) is 4.79 Å². The van der Waals surface area contributed by atoms with E-state index in [2.05, 4.69) is 68.5 Å². The third-order valence-electron chi connectivity index (χ3n) is 7.24. The minimum atomic E-state index is -0.0993. The van der Waals surface area contributed by atoms with E-state index in [0.29, 0.717) is 24.2 Å². The van der Waals surface area contributed by atoms with Crippen molar-refractivity contribution in [3.05, 3.63) is 53.9 Å². The molecule has 4 heterocycles. The average molecular weight is 447 g/mol. The summed E-state index contributed by atoms with van der Waals surface area (Å²) in [5.74, 6) is 0.121. The monoisotopic (exact) mass is 446 g/mol. The van der Waals surface area contributed by atoms with Crippen LogP contribution in [0.4, 0.5) is 11.4 Å². The summed E-state index contributed by atoms with van der Waals surface area (Å²) < 4.78 is 2.08. The Morgan fingerprint density at radius 2 is 1.91 bits per heavy atom. The van der Waals surface area contributed by atoms with Gasteiger partial charge in [-0.3, -0.25) is 4.79 Å². The Hall–Kier alpha value is -3.06. The second-order valence-electron chi connectivity index (χ2n) is 9.38. The van der Waals surface area contributed by atoms with Crippen molar-refractivity contribution in [3.63, 3.8) is 0 Å². The predicted molar refractivity (Wildman–Crippen MR) is 134 cm³/mol. The molecule has 5 rings (SSSR count). The van der Waals surface area contributed by atoms with E-state index in [0.717, 1.165) is 36.4 Å². The molecule has 2 aromatic heterocycles. The van der Waals surface area contributed by atoms with Crippen molar-refractivity contribution in [2.24, 2.45) is 0 Å². The van der Waals surface area contributed by atoms with Crippen LogP contribution in [-0.2, 0) is 6.54 Å². The number of carbonyl (C=O) groups excluding carboxylic acids is 1.